The molecule has 2 aromatic carbocycles. The standard InChI is InChI=1S/C20H16N4O4S/c1-12(25)28-14-9-7-13(8-10-14)18(26)21-19-22-20-24(23-19)16(11-29-20)15-5-3-4-6-17(15)27-2/h3-11H,1-2H3,(H,21,23,26). The number of anilines is 1. The number of hydrogen-bond donors (Lipinski definition) is 1. The molecule has 0 unspecified atom stereocenters. The molecule has 4 aromatic rings. The van der Waals surface area contributed by atoms with Crippen LogP contribution < -0.4 is 14.8 Å². The lowest BCUT2D eigenvalue weighted by Crippen LogP contribution is -2.13. The number of nitrogens with one attached hydrogen (secondary N) is 1. The minimum Gasteiger partial charge on any atom is -0.496 e. The van der Waals surface area contributed by atoms with Crippen LogP contribution in [-0.4, -0.2) is 33.6 Å². The number of carbonyl (C=O) groups excluding carboxylic acids is 2. The molecule has 1 amide bonds. The van der Waals surface area contributed by atoms with Crippen LogP contribution >= 0.6 is 11.3 Å². The summed E-state index contributed by atoms with van der Waals surface area (Å²) >= 11 is 1.41. The van der Waals surface area contributed by atoms with E-state index in [4.69, 9.17) is 9.47 Å². The van der Waals surface area contributed by atoms with Crippen molar-refractivity contribution in [2.24, 2.45) is 0 Å². The Hall–Kier alpha value is -3.72. The second-order valence-corrected chi connectivity index (χ2v) is 6.86. The van der Waals surface area contributed by atoms with Crippen molar-refractivity contribution in [3.63, 3.8) is 0 Å². The van der Waals surface area contributed by atoms with E-state index in [-0.39, 0.29) is 11.9 Å². The van der Waals surface area contributed by atoms with Gasteiger partial charge in [0.25, 0.3) is 11.9 Å². The predicted molar refractivity (Wildman–Crippen MR) is 109 cm³/mol. The zero-order valence-corrected chi connectivity index (χ0v) is 16.4. The second-order valence-electron chi connectivity index (χ2n) is 6.02. The Morgan fingerprint density at radius 2 is 1.86 bits per heavy atom. The molecule has 0 aliphatic heterocycles. The van der Waals surface area contributed by atoms with Crippen molar-refractivity contribution in [3.05, 3.63) is 59.5 Å². The molecule has 0 atom stereocenters. The van der Waals surface area contributed by atoms with Crippen LogP contribution in [0.2, 0.25) is 0 Å². The number of rotatable bonds is 5. The molecule has 4 rings (SSSR count). The van der Waals surface area contributed by atoms with Gasteiger partial charge in [-0.15, -0.1) is 16.4 Å². The Labute approximate surface area is 169 Å². The Balaban J connectivity index is 1.57. The molecule has 8 nitrogen and oxygen atoms in total. The first-order valence-electron chi connectivity index (χ1n) is 8.62. The molecule has 29 heavy (non-hydrogen) atoms. The number of para-hydroxylation sites is 1. The topological polar surface area (TPSA) is 94.8 Å². The Morgan fingerprint density at radius 3 is 2.59 bits per heavy atom. The first kappa shape index (κ1) is 18.6. The smallest absolute Gasteiger partial charge is 0.308 e. The Kier molecular flexibility index (Phi) is 4.96. The van der Waals surface area contributed by atoms with Crippen molar-refractivity contribution >= 4 is 34.1 Å². The van der Waals surface area contributed by atoms with E-state index in [1.54, 1.807) is 35.9 Å². The van der Waals surface area contributed by atoms with Crippen LogP contribution in [0.3, 0.4) is 0 Å². The summed E-state index contributed by atoms with van der Waals surface area (Å²) in [6, 6.07) is 13.8. The minimum absolute atomic E-state index is 0.196. The molecule has 0 radical (unpaired) electrons. The maximum Gasteiger partial charge on any atom is 0.308 e. The van der Waals surface area contributed by atoms with E-state index in [1.165, 1.54) is 18.3 Å². The Bertz CT molecular complexity index is 1200. The van der Waals surface area contributed by atoms with Crippen molar-refractivity contribution < 1.29 is 19.1 Å². The summed E-state index contributed by atoms with van der Waals surface area (Å²) in [6.07, 6.45) is 0. The van der Waals surface area contributed by atoms with Gasteiger partial charge in [-0.25, -0.2) is 4.52 Å². The molecule has 1 N–H and O–H groups in total. The van der Waals surface area contributed by atoms with Gasteiger partial charge in [0.1, 0.15) is 11.5 Å². The van der Waals surface area contributed by atoms with E-state index in [0.29, 0.717) is 16.3 Å². The molecule has 2 heterocycles. The summed E-state index contributed by atoms with van der Waals surface area (Å²) < 4.78 is 12.1. The van der Waals surface area contributed by atoms with Gasteiger partial charge in [0.05, 0.1) is 12.8 Å². The summed E-state index contributed by atoms with van der Waals surface area (Å²) in [5.41, 5.74) is 2.09. The SMILES string of the molecule is COc1ccccc1-c1csc2nc(NC(=O)c3ccc(OC(C)=O)cc3)nn12. The molecular weight excluding hydrogens is 392 g/mol. The van der Waals surface area contributed by atoms with Crippen LogP contribution in [0.25, 0.3) is 16.2 Å². The fourth-order valence-corrected chi connectivity index (χ4v) is 3.61. The number of nitrogens with zero attached hydrogens (tertiary/aromatic N) is 3. The van der Waals surface area contributed by atoms with E-state index in [0.717, 1.165) is 17.0 Å². The van der Waals surface area contributed by atoms with E-state index in [2.05, 4.69) is 15.4 Å². The molecule has 0 saturated heterocycles. The third kappa shape index (κ3) is 3.81. The van der Waals surface area contributed by atoms with Gasteiger partial charge >= 0.3 is 5.97 Å². The summed E-state index contributed by atoms with van der Waals surface area (Å²) in [4.78, 5) is 28.5. The summed E-state index contributed by atoms with van der Waals surface area (Å²) in [6.45, 7) is 1.32. The fourth-order valence-electron chi connectivity index (χ4n) is 2.79. The molecule has 146 valence electrons. The zero-order chi connectivity index (χ0) is 20.4. The molecule has 0 aliphatic rings. The average molecular weight is 408 g/mol. The minimum atomic E-state index is -0.421. The number of fused-ring (bicyclic) bond motifs is 1. The van der Waals surface area contributed by atoms with Crippen LogP contribution in [0.5, 0.6) is 11.5 Å². The van der Waals surface area contributed by atoms with Gasteiger partial charge in [-0.2, -0.15) is 4.98 Å². The normalized spacial score (nSPS) is 10.7. The van der Waals surface area contributed by atoms with Gasteiger partial charge in [-0.1, -0.05) is 12.1 Å². The molecule has 2 aromatic heterocycles. The number of carbonyl (C=O) groups is 2. The van der Waals surface area contributed by atoms with Gasteiger partial charge in [-0.05, 0) is 36.4 Å². The molecule has 0 fully saturated rings. The maximum absolute atomic E-state index is 12.5. The average Bonchev–Trinajstić information content (AvgIpc) is 3.28. The Morgan fingerprint density at radius 1 is 1.10 bits per heavy atom. The van der Waals surface area contributed by atoms with Gasteiger partial charge < -0.3 is 9.47 Å². The number of hydrogen-bond acceptors (Lipinski definition) is 7. The highest BCUT2D eigenvalue weighted by molar-refractivity contribution is 7.15. The third-order valence-electron chi connectivity index (χ3n) is 4.07. The van der Waals surface area contributed by atoms with Crippen LogP contribution in [0, 0.1) is 0 Å². The number of amides is 1. The van der Waals surface area contributed by atoms with E-state index in [1.807, 2.05) is 29.6 Å². The summed E-state index contributed by atoms with van der Waals surface area (Å²) in [7, 11) is 1.61. The molecule has 0 saturated carbocycles. The second kappa shape index (κ2) is 7.72. The van der Waals surface area contributed by atoms with Crippen molar-refractivity contribution in [3.8, 4) is 22.8 Å². The van der Waals surface area contributed by atoms with E-state index >= 15 is 0 Å². The van der Waals surface area contributed by atoms with Crippen molar-refractivity contribution in [2.45, 2.75) is 6.92 Å². The largest absolute Gasteiger partial charge is 0.496 e. The molecular formula is C20H16N4O4S. The monoisotopic (exact) mass is 408 g/mol. The maximum atomic E-state index is 12.5. The predicted octanol–water partition coefficient (Wildman–Crippen LogP) is 3.64. The van der Waals surface area contributed by atoms with Crippen molar-refractivity contribution in [1.29, 1.82) is 0 Å². The highest BCUT2D eigenvalue weighted by atomic mass is 32.1. The van der Waals surface area contributed by atoms with Crippen molar-refractivity contribution in [2.75, 3.05) is 12.4 Å². The lowest BCUT2D eigenvalue weighted by Gasteiger charge is -2.06. The van der Waals surface area contributed by atoms with Crippen LogP contribution in [0.1, 0.15) is 17.3 Å². The number of benzene rings is 2. The first-order chi connectivity index (χ1) is 14.0. The quantitative estimate of drug-likeness (QED) is 0.400. The summed E-state index contributed by atoms with van der Waals surface area (Å²) in [5.74, 6) is 0.506. The molecule has 0 aliphatic carbocycles. The van der Waals surface area contributed by atoms with E-state index < -0.39 is 5.97 Å². The molecule has 0 bridgehead atoms. The lowest BCUT2D eigenvalue weighted by molar-refractivity contribution is -0.131. The molecule has 9 heteroatoms. The third-order valence-corrected chi connectivity index (χ3v) is 4.88. The van der Waals surface area contributed by atoms with Gasteiger partial charge in [0, 0.05) is 23.4 Å². The number of thiazole rings is 1. The highest BCUT2D eigenvalue weighted by Gasteiger charge is 2.16. The van der Waals surface area contributed by atoms with Gasteiger partial charge in [0.15, 0.2) is 0 Å². The zero-order valence-electron chi connectivity index (χ0n) is 15.6. The molecule has 0 spiro atoms. The van der Waals surface area contributed by atoms with E-state index in [9.17, 15) is 9.59 Å². The van der Waals surface area contributed by atoms with Crippen LogP contribution in [-0.2, 0) is 4.79 Å². The number of aromatic nitrogens is 3. The van der Waals surface area contributed by atoms with Crippen molar-refractivity contribution in [1.82, 2.24) is 14.6 Å². The number of methoxy groups -OCH3 is 1. The van der Waals surface area contributed by atoms with Crippen LogP contribution in [0.4, 0.5) is 5.95 Å². The highest BCUT2D eigenvalue weighted by Crippen LogP contribution is 2.32. The number of esters is 1. The number of ether oxygens (including phenoxy) is 2. The summed E-state index contributed by atoms with van der Waals surface area (Å²) in [5, 5.41) is 9.03. The van der Waals surface area contributed by atoms with Gasteiger partial charge in [-0.3, -0.25) is 14.9 Å². The fraction of sp³-hybridized carbons (Fsp3) is 0.100. The first-order valence-corrected chi connectivity index (χ1v) is 9.50. The van der Waals surface area contributed by atoms with Crippen LogP contribution in [0.15, 0.2) is 53.9 Å². The lowest BCUT2D eigenvalue weighted by atomic mass is 10.1. The van der Waals surface area contributed by atoms with Gasteiger partial charge in [0.2, 0.25) is 4.96 Å².